The van der Waals surface area contributed by atoms with Crippen LogP contribution in [0.4, 0.5) is 10.5 Å². The lowest BCUT2D eigenvalue weighted by molar-refractivity contribution is -0.113. The van der Waals surface area contributed by atoms with Gasteiger partial charge in [0.1, 0.15) is 5.75 Å². The third-order valence-electron chi connectivity index (χ3n) is 4.15. The van der Waals surface area contributed by atoms with E-state index in [4.69, 9.17) is 27.9 Å². The van der Waals surface area contributed by atoms with E-state index in [0.29, 0.717) is 33.3 Å². The highest BCUT2D eigenvalue weighted by molar-refractivity contribution is 6.42. The summed E-state index contributed by atoms with van der Waals surface area (Å²) in [6.07, 6.45) is 0. The van der Waals surface area contributed by atoms with Crippen LogP contribution in [0.1, 0.15) is 18.5 Å². The highest BCUT2D eigenvalue weighted by Crippen LogP contribution is 2.35. The van der Waals surface area contributed by atoms with Crippen molar-refractivity contribution in [3.8, 4) is 5.75 Å². The average molecular weight is 406 g/mol. The third-order valence-corrected chi connectivity index (χ3v) is 4.99. The molecule has 0 aliphatic carbocycles. The zero-order valence-electron chi connectivity index (χ0n) is 14.6. The molecule has 1 heterocycles. The maximum absolute atomic E-state index is 13.0. The molecule has 3 N–H and O–H groups in total. The molecule has 1 aliphatic heterocycles. The summed E-state index contributed by atoms with van der Waals surface area (Å²) < 4.78 is 5.11. The van der Waals surface area contributed by atoms with Crippen molar-refractivity contribution < 1.29 is 14.3 Å². The summed E-state index contributed by atoms with van der Waals surface area (Å²) >= 11 is 12.4. The van der Waals surface area contributed by atoms with Crippen molar-refractivity contribution in [2.45, 2.75) is 13.0 Å². The van der Waals surface area contributed by atoms with Gasteiger partial charge in [-0.3, -0.25) is 4.79 Å². The van der Waals surface area contributed by atoms with E-state index in [1.807, 2.05) is 0 Å². The van der Waals surface area contributed by atoms with Crippen molar-refractivity contribution in [2.24, 2.45) is 0 Å². The van der Waals surface area contributed by atoms with E-state index in [1.165, 1.54) is 0 Å². The van der Waals surface area contributed by atoms with E-state index < -0.39 is 12.1 Å². The van der Waals surface area contributed by atoms with Gasteiger partial charge in [-0.2, -0.15) is 0 Å². The van der Waals surface area contributed by atoms with Gasteiger partial charge in [0.05, 0.1) is 28.8 Å². The second kappa shape index (κ2) is 7.90. The minimum absolute atomic E-state index is 0.286. The Hall–Kier alpha value is -2.70. The molecular weight excluding hydrogens is 389 g/mol. The molecule has 0 fully saturated rings. The molecule has 0 unspecified atom stereocenters. The van der Waals surface area contributed by atoms with Crippen molar-refractivity contribution in [1.82, 2.24) is 10.6 Å². The standard InChI is InChI=1S/C19H17Cl2N3O3/c1-10-15(18(25)23-11-6-8-12(27-2)9-7-11)17(24-19(26)22-10)13-4-3-5-14(20)16(13)21/h3-9,17H,1-2H3,(H,23,25)(H2,22,24,26)/t17-/m0/s1. The highest BCUT2D eigenvalue weighted by Gasteiger charge is 2.32. The smallest absolute Gasteiger partial charge is 0.319 e. The maximum Gasteiger partial charge on any atom is 0.319 e. The SMILES string of the molecule is COc1ccc(NC(=O)C2=C(C)NC(=O)N[C@H]2c2cccc(Cl)c2Cl)cc1. The van der Waals surface area contributed by atoms with Crippen LogP contribution in [-0.4, -0.2) is 19.0 Å². The van der Waals surface area contributed by atoms with Crippen LogP contribution in [-0.2, 0) is 4.79 Å². The lowest BCUT2D eigenvalue weighted by Crippen LogP contribution is -2.46. The number of allylic oxidation sites excluding steroid dienone is 1. The molecule has 0 saturated heterocycles. The highest BCUT2D eigenvalue weighted by atomic mass is 35.5. The van der Waals surface area contributed by atoms with Gasteiger partial charge in [0.15, 0.2) is 0 Å². The lowest BCUT2D eigenvalue weighted by Gasteiger charge is -2.29. The molecule has 2 aromatic rings. The number of carbonyl (C=O) groups excluding carboxylic acids is 2. The van der Waals surface area contributed by atoms with Crippen LogP contribution in [0.25, 0.3) is 0 Å². The Labute approximate surface area is 166 Å². The number of urea groups is 1. The monoisotopic (exact) mass is 405 g/mol. The average Bonchev–Trinajstić information content (AvgIpc) is 2.64. The zero-order chi connectivity index (χ0) is 19.6. The van der Waals surface area contributed by atoms with Crippen LogP contribution in [0.3, 0.4) is 0 Å². The second-order valence-electron chi connectivity index (χ2n) is 5.90. The fourth-order valence-corrected chi connectivity index (χ4v) is 3.26. The van der Waals surface area contributed by atoms with Crippen LogP contribution in [0, 0.1) is 0 Å². The summed E-state index contributed by atoms with van der Waals surface area (Å²) in [4.78, 5) is 24.9. The molecule has 3 rings (SSSR count). The minimum atomic E-state index is -0.733. The van der Waals surface area contributed by atoms with E-state index in [9.17, 15) is 9.59 Å². The first kappa shape index (κ1) is 19.1. The molecule has 3 amide bonds. The summed E-state index contributed by atoms with van der Waals surface area (Å²) in [5.41, 5.74) is 1.91. The molecule has 0 aromatic heterocycles. The fraction of sp³-hybridized carbons (Fsp3) is 0.158. The summed E-state index contributed by atoms with van der Waals surface area (Å²) in [6.45, 7) is 1.66. The van der Waals surface area contributed by atoms with Crippen LogP contribution in [0.2, 0.25) is 10.0 Å². The number of anilines is 1. The van der Waals surface area contributed by atoms with Crippen molar-refractivity contribution in [2.75, 3.05) is 12.4 Å². The molecule has 1 atom stereocenters. The van der Waals surface area contributed by atoms with Crippen molar-refractivity contribution in [3.05, 3.63) is 69.3 Å². The van der Waals surface area contributed by atoms with E-state index in [2.05, 4.69) is 16.0 Å². The summed E-state index contributed by atoms with van der Waals surface area (Å²) in [5, 5.41) is 8.81. The predicted octanol–water partition coefficient (Wildman–Crippen LogP) is 4.27. The molecule has 0 spiro atoms. The number of amides is 3. The summed E-state index contributed by atoms with van der Waals surface area (Å²) in [6, 6.07) is 10.9. The van der Waals surface area contributed by atoms with Gasteiger partial charge in [-0.15, -0.1) is 0 Å². The third kappa shape index (κ3) is 4.02. The van der Waals surface area contributed by atoms with Crippen LogP contribution < -0.4 is 20.7 Å². The number of rotatable bonds is 4. The first-order valence-electron chi connectivity index (χ1n) is 8.08. The quantitative estimate of drug-likeness (QED) is 0.710. The maximum atomic E-state index is 13.0. The second-order valence-corrected chi connectivity index (χ2v) is 6.68. The molecule has 0 saturated carbocycles. The largest absolute Gasteiger partial charge is 0.497 e. The van der Waals surface area contributed by atoms with Gasteiger partial charge in [-0.05, 0) is 42.8 Å². The summed E-state index contributed by atoms with van der Waals surface area (Å²) in [5.74, 6) is 0.310. The number of nitrogens with one attached hydrogen (secondary N) is 3. The Morgan fingerprint density at radius 1 is 1.15 bits per heavy atom. The van der Waals surface area contributed by atoms with Gasteiger partial charge in [0.25, 0.3) is 5.91 Å². The van der Waals surface area contributed by atoms with Gasteiger partial charge >= 0.3 is 6.03 Å². The predicted molar refractivity (Wildman–Crippen MR) is 105 cm³/mol. The number of benzene rings is 2. The van der Waals surface area contributed by atoms with Gasteiger partial charge in [-0.25, -0.2) is 4.79 Å². The topological polar surface area (TPSA) is 79.5 Å². The molecular formula is C19H17Cl2N3O3. The Bertz CT molecular complexity index is 926. The number of hydrogen-bond donors (Lipinski definition) is 3. The summed E-state index contributed by atoms with van der Waals surface area (Å²) in [7, 11) is 1.57. The van der Waals surface area contributed by atoms with Crippen LogP contribution in [0.15, 0.2) is 53.7 Å². The fourth-order valence-electron chi connectivity index (χ4n) is 2.84. The Kier molecular flexibility index (Phi) is 5.58. The van der Waals surface area contributed by atoms with Crippen molar-refractivity contribution in [3.63, 3.8) is 0 Å². The Morgan fingerprint density at radius 2 is 1.85 bits per heavy atom. The van der Waals surface area contributed by atoms with Gasteiger partial charge in [-0.1, -0.05) is 35.3 Å². The molecule has 8 heteroatoms. The Morgan fingerprint density at radius 3 is 2.52 bits per heavy atom. The van der Waals surface area contributed by atoms with E-state index >= 15 is 0 Å². The van der Waals surface area contributed by atoms with Crippen molar-refractivity contribution in [1.29, 1.82) is 0 Å². The molecule has 0 bridgehead atoms. The first-order chi connectivity index (χ1) is 12.9. The Balaban J connectivity index is 1.95. The number of halogens is 2. The molecule has 0 radical (unpaired) electrons. The zero-order valence-corrected chi connectivity index (χ0v) is 16.1. The number of carbonyl (C=O) groups is 2. The van der Waals surface area contributed by atoms with E-state index in [1.54, 1.807) is 56.5 Å². The van der Waals surface area contributed by atoms with Gasteiger partial charge in [0, 0.05) is 11.4 Å². The molecule has 6 nitrogen and oxygen atoms in total. The molecule has 140 valence electrons. The molecule has 2 aromatic carbocycles. The van der Waals surface area contributed by atoms with Gasteiger partial charge in [0.2, 0.25) is 0 Å². The minimum Gasteiger partial charge on any atom is -0.497 e. The van der Waals surface area contributed by atoms with Crippen LogP contribution >= 0.6 is 23.2 Å². The van der Waals surface area contributed by atoms with E-state index in [-0.39, 0.29) is 10.9 Å². The van der Waals surface area contributed by atoms with Crippen molar-refractivity contribution >= 4 is 40.8 Å². The number of methoxy groups -OCH3 is 1. The van der Waals surface area contributed by atoms with Gasteiger partial charge < -0.3 is 20.7 Å². The normalized spacial score (nSPS) is 16.4. The molecule has 27 heavy (non-hydrogen) atoms. The number of ether oxygens (including phenoxy) is 1. The van der Waals surface area contributed by atoms with Crippen LogP contribution in [0.5, 0.6) is 5.75 Å². The first-order valence-corrected chi connectivity index (χ1v) is 8.84. The lowest BCUT2D eigenvalue weighted by atomic mass is 9.94. The number of hydrogen-bond acceptors (Lipinski definition) is 3. The molecule has 1 aliphatic rings. The van der Waals surface area contributed by atoms with E-state index in [0.717, 1.165) is 0 Å².